The van der Waals surface area contributed by atoms with Gasteiger partial charge in [-0.3, -0.25) is 0 Å². The van der Waals surface area contributed by atoms with Gasteiger partial charge in [-0.25, -0.2) is 8.93 Å². The summed E-state index contributed by atoms with van der Waals surface area (Å²) in [6.07, 6.45) is 1.58. The molecule has 7 heteroatoms. The number of nitrogens with zero attached hydrogens (tertiary/aromatic N) is 1. The van der Waals surface area contributed by atoms with E-state index in [2.05, 4.69) is 9.88 Å². The lowest BCUT2D eigenvalue weighted by Gasteiger charge is -2.08. The minimum Gasteiger partial charge on any atom is -0.409 e. The number of thiophene rings is 1. The monoisotopic (exact) mass is 247 g/mol. The maximum atomic E-state index is 10.9. The molecule has 0 spiro atoms. The van der Waals surface area contributed by atoms with E-state index in [1.807, 2.05) is 13.0 Å². The van der Waals surface area contributed by atoms with Crippen LogP contribution >= 0.6 is 11.3 Å². The number of rotatable bonds is 4. The number of nitrogens with two attached hydrogens (primary N) is 1. The van der Waals surface area contributed by atoms with Gasteiger partial charge in [0.2, 0.25) is 0 Å². The van der Waals surface area contributed by atoms with E-state index in [0.717, 1.165) is 4.88 Å². The Bertz CT molecular complexity index is 389. The second kappa shape index (κ2) is 5.24. The van der Waals surface area contributed by atoms with Crippen molar-refractivity contribution in [3.63, 3.8) is 0 Å². The van der Waals surface area contributed by atoms with Gasteiger partial charge >= 0.3 is 0 Å². The maximum Gasteiger partial charge on any atom is 0.170 e. The molecule has 0 bridgehead atoms. The van der Waals surface area contributed by atoms with Crippen LogP contribution in [0.1, 0.15) is 23.4 Å². The molecular weight excluding hydrogens is 234 g/mol. The van der Waals surface area contributed by atoms with Crippen molar-refractivity contribution in [1.29, 1.82) is 0 Å². The van der Waals surface area contributed by atoms with Crippen molar-refractivity contribution in [2.24, 2.45) is 10.9 Å². The molecule has 1 rings (SSSR count). The highest BCUT2D eigenvalue weighted by molar-refractivity contribution is 7.82. The zero-order valence-electron chi connectivity index (χ0n) is 8.43. The van der Waals surface area contributed by atoms with Gasteiger partial charge in [-0.05, 0) is 13.0 Å². The lowest BCUT2D eigenvalue weighted by molar-refractivity contribution is 0.318. The predicted molar refractivity (Wildman–Crippen MR) is 62.4 cm³/mol. The first-order valence-corrected chi connectivity index (χ1v) is 6.64. The van der Waals surface area contributed by atoms with Gasteiger partial charge in [-0.15, -0.1) is 11.3 Å². The zero-order chi connectivity index (χ0) is 11.4. The van der Waals surface area contributed by atoms with Gasteiger partial charge in [0.15, 0.2) is 5.84 Å². The van der Waals surface area contributed by atoms with Gasteiger partial charge in [0.25, 0.3) is 0 Å². The Hall–Kier alpha value is -0.920. The molecule has 0 saturated carbocycles. The minimum absolute atomic E-state index is 0.0129. The summed E-state index contributed by atoms with van der Waals surface area (Å²) in [5.41, 5.74) is 6.11. The van der Waals surface area contributed by atoms with Crippen LogP contribution in [0.15, 0.2) is 16.6 Å². The molecule has 1 aromatic heterocycles. The molecule has 0 aromatic carbocycles. The summed E-state index contributed by atoms with van der Waals surface area (Å²) in [6.45, 7) is 1.91. The smallest absolute Gasteiger partial charge is 0.170 e. The second-order valence-electron chi connectivity index (χ2n) is 3.02. The first kappa shape index (κ1) is 12.2. The highest BCUT2D eigenvalue weighted by atomic mass is 32.2. The van der Waals surface area contributed by atoms with Crippen molar-refractivity contribution < 1.29 is 9.42 Å². The fraction of sp³-hybridized carbons (Fsp3) is 0.375. The Balaban J connectivity index is 2.80. The van der Waals surface area contributed by atoms with Gasteiger partial charge in [0, 0.05) is 22.1 Å². The average molecular weight is 247 g/mol. The van der Waals surface area contributed by atoms with Crippen LogP contribution in [0.2, 0.25) is 0 Å². The minimum atomic E-state index is -1.05. The van der Waals surface area contributed by atoms with Crippen molar-refractivity contribution >= 4 is 28.2 Å². The van der Waals surface area contributed by atoms with Gasteiger partial charge in [-0.1, -0.05) is 5.16 Å². The second-order valence-corrected chi connectivity index (χ2v) is 5.10. The van der Waals surface area contributed by atoms with Crippen LogP contribution < -0.4 is 10.5 Å². The number of nitrogens with one attached hydrogen (secondary N) is 1. The molecule has 4 N–H and O–H groups in total. The van der Waals surface area contributed by atoms with E-state index in [1.165, 1.54) is 11.3 Å². The van der Waals surface area contributed by atoms with Crippen LogP contribution in [-0.2, 0) is 11.0 Å². The summed E-state index contributed by atoms with van der Waals surface area (Å²) in [7, 11) is -1.05. The topological polar surface area (TPSA) is 87.7 Å². The normalized spacial score (nSPS) is 16.3. The first-order valence-electron chi connectivity index (χ1n) is 4.20. The molecule has 0 saturated heterocycles. The predicted octanol–water partition coefficient (Wildman–Crippen LogP) is 0.787. The highest BCUT2D eigenvalue weighted by Crippen LogP contribution is 2.21. The molecular formula is C8H13N3O2S2. The van der Waals surface area contributed by atoms with E-state index < -0.39 is 11.0 Å². The van der Waals surface area contributed by atoms with Crippen LogP contribution in [0.3, 0.4) is 0 Å². The molecule has 0 aliphatic rings. The van der Waals surface area contributed by atoms with E-state index in [9.17, 15) is 4.21 Å². The van der Waals surface area contributed by atoms with Gasteiger partial charge < -0.3 is 10.9 Å². The van der Waals surface area contributed by atoms with E-state index in [-0.39, 0.29) is 11.9 Å². The summed E-state index contributed by atoms with van der Waals surface area (Å²) >= 11 is 1.47. The van der Waals surface area contributed by atoms with Crippen LogP contribution in [0, 0.1) is 0 Å². The Morgan fingerprint density at radius 1 is 1.80 bits per heavy atom. The van der Waals surface area contributed by atoms with Crippen LogP contribution in [0.5, 0.6) is 0 Å². The third kappa shape index (κ3) is 3.29. The summed E-state index contributed by atoms with van der Waals surface area (Å²) in [4.78, 5) is 0.992. The lowest BCUT2D eigenvalue weighted by atomic mass is 10.2. The lowest BCUT2D eigenvalue weighted by Crippen LogP contribution is -2.19. The largest absolute Gasteiger partial charge is 0.409 e. The number of oxime groups is 1. The van der Waals surface area contributed by atoms with Crippen molar-refractivity contribution in [2.75, 3.05) is 6.26 Å². The van der Waals surface area contributed by atoms with Crippen molar-refractivity contribution in [2.45, 2.75) is 13.0 Å². The third-order valence-electron chi connectivity index (χ3n) is 1.79. The first-order chi connectivity index (χ1) is 7.04. The molecule has 0 amide bonds. The van der Waals surface area contributed by atoms with Crippen molar-refractivity contribution in [1.82, 2.24) is 4.72 Å². The van der Waals surface area contributed by atoms with Gasteiger partial charge in [0.1, 0.15) is 0 Å². The molecule has 84 valence electrons. The summed E-state index contributed by atoms with van der Waals surface area (Å²) in [6, 6.07) is 1.80. The van der Waals surface area contributed by atoms with Crippen molar-refractivity contribution in [3.05, 3.63) is 21.9 Å². The summed E-state index contributed by atoms with van der Waals surface area (Å²) in [5, 5.41) is 13.2. The number of hydrogen-bond donors (Lipinski definition) is 3. The molecule has 0 radical (unpaired) electrons. The SMILES string of the molecule is C[C@H](N[S@@](C)=O)c1cc(/C(N)=N/O)cs1. The Kier molecular flexibility index (Phi) is 4.25. The molecule has 1 heterocycles. The molecule has 0 fully saturated rings. The number of amidine groups is 1. The zero-order valence-corrected chi connectivity index (χ0v) is 10.1. The Labute approximate surface area is 94.6 Å². The molecule has 1 aromatic rings. The molecule has 0 unspecified atom stereocenters. The van der Waals surface area contributed by atoms with E-state index >= 15 is 0 Å². The molecule has 0 aliphatic heterocycles. The fourth-order valence-electron chi connectivity index (χ4n) is 1.08. The summed E-state index contributed by atoms with van der Waals surface area (Å²) in [5.74, 6) is 0.0855. The molecule has 0 aliphatic carbocycles. The fourth-order valence-corrected chi connectivity index (χ4v) is 2.69. The average Bonchev–Trinajstić information content (AvgIpc) is 2.64. The van der Waals surface area contributed by atoms with Crippen LogP contribution in [0.4, 0.5) is 0 Å². The van der Waals surface area contributed by atoms with Crippen molar-refractivity contribution in [3.8, 4) is 0 Å². The maximum absolute atomic E-state index is 10.9. The third-order valence-corrected chi connectivity index (χ3v) is 3.59. The van der Waals surface area contributed by atoms with Gasteiger partial charge in [-0.2, -0.15) is 0 Å². The van der Waals surface area contributed by atoms with Gasteiger partial charge in [0.05, 0.1) is 17.0 Å². The van der Waals surface area contributed by atoms with Crippen LogP contribution in [-0.4, -0.2) is 21.5 Å². The Morgan fingerprint density at radius 3 is 3.00 bits per heavy atom. The van der Waals surface area contributed by atoms with Crippen LogP contribution in [0.25, 0.3) is 0 Å². The molecule has 2 atom stereocenters. The molecule has 5 nitrogen and oxygen atoms in total. The van der Waals surface area contributed by atoms with E-state index in [0.29, 0.717) is 5.56 Å². The quantitative estimate of drug-likeness (QED) is 0.318. The summed E-state index contributed by atoms with van der Waals surface area (Å²) < 4.78 is 13.8. The van der Waals surface area contributed by atoms with E-state index in [4.69, 9.17) is 10.9 Å². The number of hydrogen-bond acceptors (Lipinski definition) is 4. The van der Waals surface area contributed by atoms with E-state index in [1.54, 1.807) is 11.6 Å². The standard InChI is InChI=1S/C8H13N3O2S2/c1-5(11-15(2)13)7-3-6(4-14-7)8(9)10-12/h3-5,11-12H,1-2H3,(H2,9,10)/t5-,15+/m0/s1. The Morgan fingerprint density at radius 2 is 2.47 bits per heavy atom. The molecule has 15 heavy (non-hydrogen) atoms. The highest BCUT2D eigenvalue weighted by Gasteiger charge is 2.10.